The molecular weight excluding hydrogens is 260 g/mol. The number of amides is 1. The number of ether oxygens (including phenoxy) is 2. The van der Waals surface area contributed by atoms with Gasteiger partial charge in [0.2, 0.25) is 5.89 Å². The number of nitrogens with one attached hydrogen (secondary N) is 1. The predicted octanol–water partition coefficient (Wildman–Crippen LogP) is 1.69. The number of methoxy groups -OCH3 is 1. The predicted molar refractivity (Wildman–Crippen MR) is 71.6 cm³/mol. The first kappa shape index (κ1) is 13.9. The van der Waals surface area contributed by atoms with E-state index in [4.69, 9.17) is 13.9 Å². The van der Waals surface area contributed by atoms with Crippen LogP contribution in [0, 0.1) is 6.92 Å². The Morgan fingerprint density at radius 1 is 1.35 bits per heavy atom. The summed E-state index contributed by atoms with van der Waals surface area (Å²) in [5.74, 6) is 2.03. The first-order chi connectivity index (χ1) is 9.69. The summed E-state index contributed by atoms with van der Waals surface area (Å²) in [4.78, 5) is 15.6. The summed E-state index contributed by atoms with van der Waals surface area (Å²) < 4.78 is 15.8. The van der Waals surface area contributed by atoms with Crippen LogP contribution in [0.15, 0.2) is 34.9 Å². The molecule has 1 aromatic heterocycles. The number of nitrogens with zero attached hydrogens (tertiary/aromatic N) is 1. The number of rotatable bonds is 6. The molecule has 0 spiro atoms. The van der Waals surface area contributed by atoms with Crippen molar-refractivity contribution in [2.45, 2.75) is 13.5 Å². The molecule has 0 aliphatic heterocycles. The largest absolute Gasteiger partial charge is 0.493 e. The van der Waals surface area contributed by atoms with E-state index in [1.807, 2.05) is 12.1 Å². The van der Waals surface area contributed by atoms with Gasteiger partial charge in [-0.1, -0.05) is 12.1 Å². The van der Waals surface area contributed by atoms with Gasteiger partial charge in [-0.2, -0.15) is 0 Å². The van der Waals surface area contributed by atoms with Crippen molar-refractivity contribution in [3.63, 3.8) is 0 Å². The lowest BCUT2D eigenvalue weighted by Gasteiger charge is -2.09. The quantitative estimate of drug-likeness (QED) is 0.869. The number of para-hydroxylation sites is 2. The molecule has 0 aliphatic rings. The monoisotopic (exact) mass is 276 g/mol. The van der Waals surface area contributed by atoms with Gasteiger partial charge in [0, 0.05) is 0 Å². The zero-order chi connectivity index (χ0) is 14.4. The molecule has 0 saturated heterocycles. The highest BCUT2D eigenvalue weighted by Crippen LogP contribution is 2.25. The third-order valence-electron chi connectivity index (χ3n) is 2.53. The summed E-state index contributed by atoms with van der Waals surface area (Å²) in [6.07, 6.45) is 1.60. The minimum Gasteiger partial charge on any atom is -0.493 e. The molecule has 0 atom stereocenters. The zero-order valence-electron chi connectivity index (χ0n) is 11.4. The van der Waals surface area contributed by atoms with Crippen molar-refractivity contribution in [1.29, 1.82) is 0 Å². The van der Waals surface area contributed by atoms with E-state index >= 15 is 0 Å². The molecule has 0 saturated carbocycles. The summed E-state index contributed by atoms with van der Waals surface area (Å²) in [6, 6.07) is 7.15. The molecular formula is C14H16N2O4. The van der Waals surface area contributed by atoms with E-state index in [1.54, 1.807) is 32.4 Å². The van der Waals surface area contributed by atoms with Crippen LogP contribution in [0.5, 0.6) is 11.5 Å². The molecule has 20 heavy (non-hydrogen) atoms. The molecule has 106 valence electrons. The lowest BCUT2D eigenvalue weighted by Crippen LogP contribution is -2.28. The molecule has 2 rings (SSSR count). The van der Waals surface area contributed by atoms with Crippen molar-refractivity contribution < 1.29 is 18.7 Å². The van der Waals surface area contributed by atoms with Crippen LogP contribution in [0.2, 0.25) is 0 Å². The lowest BCUT2D eigenvalue weighted by molar-refractivity contribution is -0.123. The maximum absolute atomic E-state index is 11.6. The topological polar surface area (TPSA) is 73.6 Å². The number of aromatic nitrogens is 1. The zero-order valence-corrected chi connectivity index (χ0v) is 11.4. The average Bonchev–Trinajstić information content (AvgIpc) is 2.89. The fourth-order valence-corrected chi connectivity index (χ4v) is 1.59. The molecule has 1 aromatic carbocycles. The van der Waals surface area contributed by atoms with E-state index in [-0.39, 0.29) is 19.1 Å². The minimum atomic E-state index is -0.258. The number of oxazole rings is 1. The van der Waals surface area contributed by atoms with Crippen molar-refractivity contribution in [2.24, 2.45) is 0 Å². The Morgan fingerprint density at radius 3 is 2.75 bits per heavy atom. The van der Waals surface area contributed by atoms with E-state index in [2.05, 4.69) is 10.3 Å². The first-order valence-electron chi connectivity index (χ1n) is 6.13. The summed E-state index contributed by atoms with van der Waals surface area (Å²) in [6.45, 7) is 1.94. The van der Waals surface area contributed by atoms with Gasteiger partial charge < -0.3 is 19.2 Å². The first-order valence-corrected chi connectivity index (χ1v) is 6.13. The van der Waals surface area contributed by atoms with Gasteiger partial charge in [0.1, 0.15) is 5.76 Å². The third kappa shape index (κ3) is 3.74. The van der Waals surface area contributed by atoms with Crippen molar-refractivity contribution in [1.82, 2.24) is 10.3 Å². The van der Waals surface area contributed by atoms with Gasteiger partial charge in [0.05, 0.1) is 19.9 Å². The van der Waals surface area contributed by atoms with Crippen molar-refractivity contribution in [3.05, 3.63) is 42.1 Å². The van der Waals surface area contributed by atoms with Gasteiger partial charge in [0.25, 0.3) is 5.91 Å². The Morgan fingerprint density at radius 2 is 2.10 bits per heavy atom. The smallest absolute Gasteiger partial charge is 0.258 e. The van der Waals surface area contributed by atoms with E-state index in [9.17, 15) is 4.79 Å². The van der Waals surface area contributed by atoms with Crippen LogP contribution in [-0.4, -0.2) is 24.6 Å². The highest BCUT2D eigenvalue weighted by molar-refractivity contribution is 5.77. The SMILES string of the molecule is COc1ccccc1OCC(=O)NCc1ncc(C)o1. The molecule has 2 aromatic rings. The normalized spacial score (nSPS) is 10.1. The van der Waals surface area contributed by atoms with E-state index in [0.717, 1.165) is 0 Å². The number of aryl methyl sites for hydroxylation is 1. The van der Waals surface area contributed by atoms with E-state index < -0.39 is 0 Å². The molecule has 6 nitrogen and oxygen atoms in total. The minimum absolute atomic E-state index is 0.0972. The van der Waals surface area contributed by atoms with Gasteiger partial charge in [-0.3, -0.25) is 4.79 Å². The van der Waals surface area contributed by atoms with Crippen LogP contribution >= 0.6 is 0 Å². The summed E-state index contributed by atoms with van der Waals surface area (Å²) in [5, 5.41) is 2.66. The van der Waals surface area contributed by atoms with Crippen molar-refractivity contribution >= 4 is 5.91 Å². The molecule has 0 radical (unpaired) electrons. The average molecular weight is 276 g/mol. The van der Waals surface area contributed by atoms with Crippen molar-refractivity contribution in [3.8, 4) is 11.5 Å². The maximum atomic E-state index is 11.6. The Labute approximate surface area is 116 Å². The fraction of sp³-hybridized carbons (Fsp3) is 0.286. The highest BCUT2D eigenvalue weighted by atomic mass is 16.5. The van der Waals surface area contributed by atoms with Crippen LogP contribution < -0.4 is 14.8 Å². The van der Waals surface area contributed by atoms with Gasteiger partial charge in [-0.15, -0.1) is 0 Å². The van der Waals surface area contributed by atoms with Crippen LogP contribution in [0.25, 0.3) is 0 Å². The molecule has 1 amide bonds. The molecule has 1 heterocycles. The van der Waals surface area contributed by atoms with E-state index in [0.29, 0.717) is 23.1 Å². The molecule has 1 N–H and O–H groups in total. The molecule has 0 bridgehead atoms. The van der Waals surface area contributed by atoms with Gasteiger partial charge in [-0.25, -0.2) is 4.98 Å². The molecule has 0 aliphatic carbocycles. The van der Waals surface area contributed by atoms with Gasteiger partial charge in [0.15, 0.2) is 18.1 Å². The lowest BCUT2D eigenvalue weighted by atomic mass is 10.3. The van der Waals surface area contributed by atoms with Crippen LogP contribution in [0.1, 0.15) is 11.7 Å². The maximum Gasteiger partial charge on any atom is 0.258 e. The van der Waals surface area contributed by atoms with Crippen LogP contribution in [0.4, 0.5) is 0 Å². The Kier molecular flexibility index (Phi) is 4.60. The Balaban J connectivity index is 1.80. The number of benzene rings is 1. The summed E-state index contributed by atoms with van der Waals surface area (Å²) >= 11 is 0. The number of hydrogen-bond acceptors (Lipinski definition) is 5. The molecule has 0 fully saturated rings. The molecule has 6 heteroatoms. The number of carbonyl (C=O) groups excluding carboxylic acids is 1. The number of hydrogen-bond donors (Lipinski definition) is 1. The second-order valence-corrected chi connectivity index (χ2v) is 4.08. The van der Waals surface area contributed by atoms with Gasteiger partial charge >= 0.3 is 0 Å². The fourth-order valence-electron chi connectivity index (χ4n) is 1.59. The third-order valence-corrected chi connectivity index (χ3v) is 2.53. The van der Waals surface area contributed by atoms with Crippen LogP contribution in [-0.2, 0) is 11.3 Å². The standard InChI is InChI=1S/C14H16N2O4/c1-10-7-16-14(20-10)8-15-13(17)9-19-12-6-4-3-5-11(12)18-2/h3-7H,8-9H2,1-2H3,(H,15,17). The Hall–Kier alpha value is -2.50. The number of carbonyl (C=O) groups is 1. The van der Waals surface area contributed by atoms with Crippen LogP contribution in [0.3, 0.4) is 0 Å². The van der Waals surface area contributed by atoms with Crippen molar-refractivity contribution in [2.75, 3.05) is 13.7 Å². The molecule has 0 unspecified atom stereocenters. The van der Waals surface area contributed by atoms with Gasteiger partial charge in [-0.05, 0) is 19.1 Å². The second kappa shape index (κ2) is 6.60. The second-order valence-electron chi connectivity index (χ2n) is 4.08. The summed E-state index contributed by atoms with van der Waals surface area (Å²) in [5.41, 5.74) is 0. The summed E-state index contributed by atoms with van der Waals surface area (Å²) in [7, 11) is 1.55. The van der Waals surface area contributed by atoms with E-state index in [1.165, 1.54) is 0 Å². The highest BCUT2D eigenvalue weighted by Gasteiger charge is 2.08. The Bertz CT molecular complexity index is 580.